The van der Waals surface area contributed by atoms with E-state index in [-0.39, 0.29) is 20.1 Å². The van der Waals surface area contributed by atoms with Crippen LogP contribution in [0.25, 0.3) is 55.7 Å². The van der Waals surface area contributed by atoms with Crippen molar-refractivity contribution in [2.24, 2.45) is 0 Å². The van der Waals surface area contributed by atoms with E-state index in [1.54, 1.807) is 6.20 Å². The first-order chi connectivity index (χ1) is 23.5. The first kappa shape index (κ1) is 33.7. The fourth-order valence-corrected chi connectivity index (χ4v) is 5.92. The van der Waals surface area contributed by atoms with Gasteiger partial charge in [0.25, 0.3) is 0 Å². The van der Waals surface area contributed by atoms with Crippen LogP contribution in [0.4, 0.5) is 0 Å². The van der Waals surface area contributed by atoms with Crippen molar-refractivity contribution in [2.75, 3.05) is 0 Å². The van der Waals surface area contributed by atoms with Crippen LogP contribution in [0, 0.1) is 32.9 Å². The van der Waals surface area contributed by atoms with Crippen LogP contribution in [-0.4, -0.2) is 15.0 Å². The van der Waals surface area contributed by atoms with E-state index in [1.165, 1.54) is 33.4 Å². The molecule has 0 aliphatic rings. The molecule has 8 rings (SSSR count). The van der Waals surface area contributed by atoms with Gasteiger partial charge in [0.05, 0.1) is 5.58 Å². The number of benzene rings is 4. The second-order valence-electron chi connectivity index (χ2n) is 12.0. The molecular formula is C44H35IrN3O-2. The molecule has 4 aromatic heterocycles. The SMILES string of the molecule is Cc1c[c-]c(-c2cc(-c3ccccc3C)c(C)cn2)cc1.[Ir].[c-]1ccc2c(oc3nc(CCc4ccccc4)ccc32)c1-c1ccccn1. The maximum Gasteiger partial charge on any atom is 0.216 e. The summed E-state index contributed by atoms with van der Waals surface area (Å²) >= 11 is 0. The molecule has 0 spiro atoms. The zero-order chi connectivity index (χ0) is 32.9. The van der Waals surface area contributed by atoms with Gasteiger partial charge in [-0.25, -0.2) is 4.98 Å². The van der Waals surface area contributed by atoms with Gasteiger partial charge in [0.2, 0.25) is 5.71 Å². The zero-order valence-electron chi connectivity index (χ0n) is 27.7. The second kappa shape index (κ2) is 15.3. The molecule has 8 aromatic rings. The number of nitrogens with zero attached hydrogens (tertiary/aromatic N) is 3. The summed E-state index contributed by atoms with van der Waals surface area (Å²) in [6.07, 6.45) is 5.58. The summed E-state index contributed by atoms with van der Waals surface area (Å²) in [6, 6.07) is 47.9. The number of hydrogen-bond acceptors (Lipinski definition) is 4. The van der Waals surface area contributed by atoms with Crippen molar-refractivity contribution in [3.63, 3.8) is 0 Å². The van der Waals surface area contributed by atoms with Crippen molar-refractivity contribution in [1.82, 2.24) is 15.0 Å². The van der Waals surface area contributed by atoms with Crippen molar-refractivity contribution >= 4 is 22.1 Å². The van der Waals surface area contributed by atoms with Crippen LogP contribution in [0.3, 0.4) is 0 Å². The number of furan rings is 1. The fourth-order valence-electron chi connectivity index (χ4n) is 5.92. The summed E-state index contributed by atoms with van der Waals surface area (Å²) in [4.78, 5) is 13.8. The first-order valence-corrected chi connectivity index (χ1v) is 16.2. The molecule has 0 saturated carbocycles. The van der Waals surface area contributed by atoms with E-state index in [4.69, 9.17) is 9.40 Å². The number of rotatable bonds is 6. The Morgan fingerprint density at radius 2 is 1.47 bits per heavy atom. The minimum Gasteiger partial charge on any atom is -0.486 e. The van der Waals surface area contributed by atoms with Gasteiger partial charge < -0.3 is 14.4 Å². The molecular weight excluding hydrogens is 779 g/mol. The van der Waals surface area contributed by atoms with Gasteiger partial charge in [-0.3, -0.25) is 0 Å². The Labute approximate surface area is 301 Å². The molecule has 0 amide bonds. The molecule has 243 valence electrons. The standard InChI is InChI=1S/C24H17N2O.C20H18N.Ir/c1-2-7-17(8-3-1)12-13-18-14-15-20-19-9-6-10-21(22-11-4-5-16-25-22)23(19)27-24(20)26-18;1-14-8-10-17(11-9-14)20-12-19(16(3)13-21-20)18-7-5-4-6-15(18)2;/h1-9,11,14-16H,12-13H2;4-10,12-13H,1-3H3;/q2*-1;. The topological polar surface area (TPSA) is 51.8 Å². The molecule has 0 N–H and O–H groups in total. The van der Waals surface area contributed by atoms with Crippen molar-refractivity contribution in [3.05, 3.63) is 174 Å². The van der Waals surface area contributed by atoms with Gasteiger partial charge in [0, 0.05) is 43.6 Å². The fraction of sp³-hybridized carbons (Fsp3) is 0.114. The van der Waals surface area contributed by atoms with Crippen LogP contribution in [0.15, 0.2) is 138 Å². The Morgan fingerprint density at radius 3 is 2.24 bits per heavy atom. The molecule has 4 aromatic carbocycles. The van der Waals surface area contributed by atoms with Gasteiger partial charge in [-0.15, -0.1) is 53.6 Å². The molecule has 5 heteroatoms. The summed E-state index contributed by atoms with van der Waals surface area (Å²) in [5, 5.41) is 2.08. The van der Waals surface area contributed by atoms with E-state index < -0.39 is 0 Å². The third kappa shape index (κ3) is 7.60. The Hall–Kier alpha value is -5.22. The van der Waals surface area contributed by atoms with Crippen LogP contribution in [0.2, 0.25) is 0 Å². The smallest absolute Gasteiger partial charge is 0.216 e. The molecule has 0 atom stereocenters. The largest absolute Gasteiger partial charge is 0.486 e. The molecule has 0 saturated heterocycles. The van der Waals surface area contributed by atoms with Gasteiger partial charge in [-0.05, 0) is 84.1 Å². The average Bonchev–Trinajstić information content (AvgIpc) is 3.51. The summed E-state index contributed by atoms with van der Waals surface area (Å²) in [7, 11) is 0. The van der Waals surface area contributed by atoms with Crippen LogP contribution in [-0.2, 0) is 32.9 Å². The van der Waals surface area contributed by atoms with Crippen molar-refractivity contribution in [3.8, 4) is 33.6 Å². The quantitative estimate of drug-likeness (QED) is 0.157. The number of pyridine rings is 3. The Kier molecular flexibility index (Phi) is 10.5. The second-order valence-corrected chi connectivity index (χ2v) is 12.0. The molecule has 0 bridgehead atoms. The van der Waals surface area contributed by atoms with Gasteiger partial charge in [0.1, 0.15) is 0 Å². The average molecular weight is 814 g/mol. The van der Waals surface area contributed by atoms with Crippen LogP contribution in [0.5, 0.6) is 0 Å². The van der Waals surface area contributed by atoms with E-state index in [0.717, 1.165) is 57.4 Å². The monoisotopic (exact) mass is 814 g/mol. The summed E-state index contributed by atoms with van der Waals surface area (Å²) < 4.78 is 6.15. The summed E-state index contributed by atoms with van der Waals surface area (Å²) in [6.45, 7) is 6.33. The van der Waals surface area contributed by atoms with Gasteiger partial charge in [-0.2, -0.15) is 0 Å². The third-order valence-corrected chi connectivity index (χ3v) is 8.57. The van der Waals surface area contributed by atoms with Gasteiger partial charge >= 0.3 is 0 Å². The Morgan fingerprint density at radius 1 is 0.653 bits per heavy atom. The predicted octanol–water partition coefficient (Wildman–Crippen LogP) is 10.8. The maximum atomic E-state index is 6.15. The molecule has 49 heavy (non-hydrogen) atoms. The Bertz CT molecular complexity index is 2310. The minimum absolute atomic E-state index is 0. The van der Waals surface area contributed by atoms with E-state index >= 15 is 0 Å². The minimum atomic E-state index is 0. The summed E-state index contributed by atoms with van der Waals surface area (Å²) in [5.74, 6) is 0. The van der Waals surface area contributed by atoms with Crippen LogP contribution < -0.4 is 0 Å². The molecule has 0 unspecified atom stereocenters. The predicted molar refractivity (Wildman–Crippen MR) is 196 cm³/mol. The van der Waals surface area contributed by atoms with Gasteiger partial charge in [0.15, 0.2) is 0 Å². The number of aromatic nitrogens is 3. The van der Waals surface area contributed by atoms with Crippen molar-refractivity contribution in [1.29, 1.82) is 0 Å². The maximum absolute atomic E-state index is 6.15. The first-order valence-electron chi connectivity index (χ1n) is 16.2. The summed E-state index contributed by atoms with van der Waals surface area (Å²) in [5.41, 5.74) is 13.8. The molecule has 0 aliphatic heterocycles. The number of hydrogen-bond donors (Lipinski definition) is 0. The molecule has 4 heterocycles. The van der Waals surface area contributed by atoms with Gasteiger partial charge in [-0.1, -0.05) is 90.7 Å². The third-order valence-electron chi connectivity index (χ3n) is 8.57. The molecule has 4 nitrogen and oxygen atoms in total. The van der Waals surface area contributed by atoms with E-state index in [0.29, 0.717) is 5.71 Å². The van der Waals surface area contributed by atoms with E-state index in [2.05, 4.69) is 122 Å². The van der Waals surface area contributed by atoms with Crippen molar-refractivity contribution < 1.29 is 24.5 Å². The molecule has 0 fully saturated rings. The van der Waals surface area contributed by atoms with E-state index in [9.17, 15) is 0 Å². The van der Waals surface area contributed by atoms with Crippen LogP contribution >= 0.6 is 0 Å². The van der Waals surface area contributed by atoms with Crippen LogP contribution in [0.1, 0.15) is 27.9 Å². The molecule has 0 aliphatic carbocycles. The zero-order valence-corrected chi connectivity index (χ0v) is 30.1. The number of fused-ring (bicyclic) bond motifs is 3. The van der Waals surface area contributed by atoms with E-state index in [1.807, 2.05) is 48.7 Å². The Balaban J connectivity index is 0.000000172. The molecule has 1 radical (unpaired) electrons. The normalized spacial score (nSPS) is 10.8. The van der Waals surface area contributed by atoms with Crippen molar-refractivity contribution in [2.45, 2.75) is 33.6 Å². The number of aryl methyl sites for hydroxylation is 5.